The van der Waals surface area contributed by atoms with Crippen molar-refractivity contribution in [3.63, 3.8) is 0 Å². The van der Waals surface area contributed by atoms with Crippen molar-refractivity contribution in [1.82, 2.24) is 14.9 Å². The average molecular weight is 318 g/mol. The van der Waals surface area contributed by atoms with E-state index in [4.69, 9.17) is 4.74 Å². The van der Waals surface area contributed by atoms with Crippen LogP contribution in [0.4, 0.5) is 5.95 Å². The van der Waals surface area contributed by atoms with Gasteiger partial charge in [0.1, 0.15) is 0 Å². The Morgan fingerprint density at radius 3 is 2.78 bits per heavy atom. The summed E-state index contributed by atoms with van der Waals surface area (Å²) in [5.74, 6) is 0.640. The van der Waals surface area contributed by atoms with Crippen LogP contribution in [0.15, 0.2) is 6.20 Å². The molecule has 3 rings (SSSR count). The van der Waals surface area contributed by atoms with E-state index in [1.807, 2.05) is 6.92 Å². The molecule has 0 radical (unpaired) electrons. The zero-order valence-electron chi connectivity index (χ0n) is 14.0. The van der Waals surface area contributed by atoms with Crippen LogP contribution in [0.5, 0.6) is 0 Å². The van der Waals surface area contributed by atoms with Crippen molar-refractivity contribution >= 4 is 11.7 Å². The van der Waals surface area contributed by atoms with Crippen molar-refractivity contribution in [3.05, 3.63) is 17.5 Å². The van der Waals surface area contributed by atoms with Crippen LogP contribution in [0.1, 0.15) is 48.7 Å². The second kappa shape index (κ2) is 7.36. The van der Waals surface area contributed by atoms with E-state index in [9.17, 15) is 4.79 Å². The Bertz CT molecular complexity index is 550. The quantitative estimate of drug-likeness (QED) is 0.838. The smallest absolute Gasteiger partial charge is 0.223 e. The summed E-state index contributed by atoms with van der Waals surface area (Å²) in [6, 6.07) is 0.401. The standard InChI is InChI=1S/C17H26N4O2/c1-12-16(13(2)22)10-18-17(19-12)20-14-5-7-21(8-6-14)11-15-4-3-9-23-15/h10,14-15H,3-9,11H2,1-2H3,(H,18,19,20). The summed E-state index contributed by atoms with van der Waals surface area (Å²) in [4.78, 5) is 22.6. The van der Waals surface area contributed by atoms with Gasteiger partial charge in [-0.05, 0) is 39.5 Å². The summed E-state index contributed by atoms with van der Waals surface area (Å²) in [7, 11) is 0. The number of likely N-dealkylation sites (tertiary alicyclic amines) is 1. The van der Waals surface area contributed by atoms with Gasteiger partial charge in [0.25, 0.3) is 0 Å². The van der Waals surface area contributed by atoms with E-state index in [1.54, 1.807) is 13.1 Å². The van der Waals surface area contributed by atoms with Gasteiger partial charge in [0.2, 0.25) is 5.95 Å². The second-order valence-corrected chi connectivity index (χ2v) is 6.60. The molecular formula is C17H26N4O2. The number of piperidine rings is 1. The number of nitrogens with one attached hydrogen (secondary N) is 1. The molecule has 1 aromatic heterocycles. The molecule has 1 N–H and O–H groups in total. The maximum Gasteiger partial charge on any atom is 0.223 e. The first-order valence-electron chi connectivity index (χ1n) is 8.57. The Morgan fingerprint density at radius 2 is 2.17 bits per heavy atom. The van der Waals surface area contributed by atoms with Crippen molar-refractivity contribution in [1.29, 1.82) is 0 Å². The zero-order chi connectivity index (χ0) is 16.2. The third-order valence-electron chi connectivity index (χ3n) is 4.77. The van der Waals surface area contributed by atoms with Crippen molar-refractivity contribution in [2.45, 2.75) is 51.7 Å². The van der Waals surface area contributed by atoms with E-state index in [1.165, 1.54) is 12.8 Å². The van der Waals surface area contributed by atoms with Crippen molar-refractivity contribution in [3.8, 4) is 0 Å². The third kappa shape index (κ3) is 4.26. The fourth-order valence-corrected chi connectivity index (χ4v) is 3.40. The minimum absolute atomic E-state index is 0.0106. The molecule has 2 aliphatic rings. The Morgan fingerprint density at radius 1 is 1.39 bits per heavy atom. The second-order valence-electron chi connectivity index (χ2n) is 6.60. The number of aromatic nitrogens is 2. The third-order valence-corrected chi connectivity index (χ3v) is 4.77. The van der Waals surface area contributed by atoms with Gasteiger partial charge in [-0.1, -0.05) is 0 Å². The number of ether oxygens (including phenoxy) is 1. The molecule has 6 heteroatoms. The summed E-state index contributed by atoms with van der Waals surface area (Å²) in [6.45, 7) is 7.56. The van der Waals surface area contributed by atoms with Crippen LogP contribution in [0, 0.1) is 6.92 Å². The van der Waals surface area contributed by atoms with Gasteiger partial charge < -0.3 is 15.0 Å². The number of hydrogen-bond donors (Lipinski definition) is 1. The van der Waals surface area contributed by atoms with Crippen LogP contribution < -0.4 is 5.32 Å². The van der Waals surface area contributed by atoms with E-state index in [0.29, 0.717) is 23.7 Å². The van der Waals surface area contributed by atoms with E-state index in [2.05, 4.69) is 20.2 Å². The number of nitrogens with zero attached hydrogens (tertiary/aromatic N) is 3. The molecule has 2 aliphatic heterocycles. The van der Waals surface area contributed by atoms with Gasteiger partial charge in [0.15, 0.2) is 5.78 Å². The van der Waals surface area contributed by atoms with E-state index in [0.717, 1.165) is 44.8 Å². The van der Waals surface area contributed by atoms with Crippen LogP contribution in [-0.4, -0.2) is 59.0 Å². The molecule has 0 aromatic carbocycles. The molecule has 0 spiro atoms. The Kier molecular flexibility index (Phi) is 5.23. The monoisotopic (exact) mass is 318 g/mol. The summed E-state index contributed by atoms with van der Waals surface area (Å²) < 4.78 is 5.72. The molecular weight excluding hydrogens is 292 g/mol. The molecule has 1 aromatic rings. The van der Waals surface area contributed by atoms with Crippen LogP contribution in [0.3, 0.4) is 0 Å². The number of rotatable bonds is 5. The van der Waals surface area contributed by atoms with Gasteiger partial charge in [-0.25, -0.2) is 9.97 Å². The molecule has 6 nitrogen and oxygen atoms in total. The molecule has 1 unspecified atom stereocenters. The first kappa shape index (κ1) is 16.3. The normalized spacial score (nSPS) is 23.1. The first-order valence-corrected chi connectivity index (χ1v) is 8.57. The van der Waals surface area contributed by atoms with E-state index in [-0.39, 0.29) is 5.78 Å². The van der Waals surface area contributed by atoms with Gasteiger partial charge in [0, 0.05) is 38.5 Å². The van der Waals surface area contributed by atoms with Gasteiger partial charge in [-0.3, -0.25) is 4.79 Å². The predicted molar refractivity (Wildman–Crippen MR) is 88.8 cm³/mol. The van der Waals surface area contributed by atoms with Gasteiger partial charge in [0.05, 0.1) is 17.4 Å². The van der Waals surface area contributed by atoms with Crippen molar-refractivity contribution in [2.24, 2.45) is 0 Å². The van der Waals surface area contributed by atoms with Crippen LogP contribution >= 0.6 is 0 Å². The van der Waals surface area contributed by atoms with Gasteiger partial charge >= 0.3 is 0 Å². The van der Waals surface area contributed by atoms with Crippen LogP contribution in [-0.2, 0) is 4.74 Å². The average Bonchev–Trinajstić information content (AvgIpc) is 3.02. The highest BCUT2D eigenvalue weighted by molar-refractivity contribution is 5.94. The highest BCUT2D eigenvalue weighted by atomic mass is 16.5. The lowest BCUT2D eigenvalue weighted by molar-refractivity contribution is 0.0654. The Hall–Kier alpha value is -1.53. The largest absolute Gasteiger partial charge is 0.377 e. The highest BCUT2D eigenvalue weighted by Gasteiger charge is 2.24. The maximum absolute atomic E-state index is 11.4. The van der Waals surface area contributed by atoms with E-state index >= 15 is 0 Å². The minimum Gasteiger partial charge on any atom is -0.377 e. The van der Waals surface area contributed by atoms with Crippen molar-refractivity contribution < 1.29 is 9.53 Å². The molecule has 1 atom stereocenters. The number of carbonyl (C=O) groups excluding carboxylic acids is 1. The Labute approximate surface area is 137 Å². The fraction of sp³-hybridized carbons (Fsp3) is 0.706. The minimum atomic E-state index is 0.0106. The predicted octanol–water partition coefficient (Wildman–Crippen LogP) is 2.04. The topological polar surface area (TPSA) is 67.4 Å². The molecule has 23 heavy (non-hydrogen) atoms. The molecule has 2 fully saturated rings. The lowest BCUT2D eigenvalue weighted by Crippen LogP contribution is -2.42. The number of ketones is 1. The number of Topliss-reactive ketones (excluding diaryl/α,β-unsaturated/α-hetero) is 1. The summed E-state index contributed by atoms with van der Waals surface area (Å²) >= 11 is 0. The van der Waals surface area contributed by atoms with Crippen molar-refractivity contribution in [2.75, 3.05) is 31.6 Å². The molecule has 0 saturated carbocycles. The van der Waals surface area contributed by atoms with Gasteiger partial charge in [-0.2, -0.15) is 0 Å². The molecule has 2 saturated heterocycles. The molecule has 0 aliphatic carbocycles. The lowest BCUT2D eigenvalue weighted by Gasteiger charge is -2.33. The van der Waals surface area contributed by atoms with Crippen LogP contribution in [0.25, 0.3) is 0 Å². The zero-order valence-corrected chi connectivity index (χ0v) is 14.0. The lowest BCUT2D eigenvalue weighted by atomic mass is 10.0. The fourth-order valence-electron chi connectivity index (χ4n) is 3.40. The number of aryl methyl sites for hydroxylation is 1. The molecule has 0 bridgehead atoms. The summed E-state index contributed by atoms with van der Waals surface area (Å²) in [6.07, 6.45) is 6.64. The summed E-state index contributed by atoms with van der Waals surface area (Å²) in [5.41, 5.74) is 1.34. The highest BCUT2D eigenvalue weighted by Crippen LogP contribution is 2.19. The maximum atomic E-state index is 11.4. The number of anilines is 1. The Balaban J connectivity index is 1.48. The SMILES string of the molecule is CC(=O)c1cnc(NC2CCN(CC3CCCO3)CC2)nc1C. The number of carbonyl (C=O) groups is 1. The van der Waals surface area contributed by atoms with Gasteiger partial charge in [-0.15, -0.1) is 0 Å². The molecule has 0 amide bonds. The van der Waals surface area contributed by atoms with Crippen LogP contribution in [0.2, 0.25) is 0 Å². The molecule has 126 valence electrons. The number of hydrogen-bond acceptors (Lipinski definition) is 6. The first-order chi connectivity index (χ1) is 11.1. The summed E-state index contributed by atoms with van der Waals surface area (Å²) in [5, 5.41) is 3.41. The molecule has 3 heterocycles. The van der Waals surface area contributed by atoms with E-state index < -0.39 is 0 Å².